The molecule has 0 saturated heterocycles. The van der Waals surface area contributed by atoms with E-state index in [9.17, 15) is 0 Å². The molecule has 0 saturated carbocycles. The summed E-state index contributed by atoms with van der Waals surface area (Å²) in [5.74, 6) is 0. The highest BCUT2D eigenvalue weighted by molar-refractivity contribution is 9.10. The van der Waals surface area contributed by atoms with E-state index in [-0.39, 0.29) is 0 Å². The van der Waals surface area contributed by atoms with Crippen LogP contribution >= 0.6 is 15.9 Å². The molecule has 2 aromatic rings. The maximum Gasteiger partial charge on any atom is 0.0629 e. The van der Waals surface area contributed by atoms with Crippen LogP contribution in [-0.2, 0) is 0 Å². The van der Waals surface area contributed by atoms with Crippen LogP contribution in [0.1, 0.15) is 11.3 Å². The van der Waals surface area contributed by atoms with Crippen LogP contribution in [0.15, 0.2) is 53.1 Å². The van der Waals surface area contributed by atoms with Crippen LogP contribution in [0.3, 0.4) is 0 Å². The van der Waals surface area contributed by atoms with Crippen LogP contribution in [0.5, 0.6) is 0 Å². The molecular weight excluding hydrogens is 250 g/mol. The van der Waals surface area contributed by atoms with Gasteiger partial charge in [0.25, 0.3) is 0 Å². The summed E-state index contributed by atoms with van der Waals surface area (Å²) in [5, 5.41) is 0. The summed E-state index contributed by atoms with van der Waals surface area (Å²) in [4.78, 5) is 4.22. The largest absolute Gasteiger partial charge is 0.257 e. The molecule has 0 spiro atoms. The van der Waals surface area contributed by atoms with Crippen LogP contribution in [0, 0.1) is 0 Å². The summed E-state index contributed by atoms with van der Waals surface area (Å²) in [5.41, 5.74) is 2.13. The zero-order chi connectivity index (χ0) is 10.5. The standard InChI is InChI=1S/C13H10BrN/c14-12-5-3-4-11(10-12)7-8-13-6-1-2-9-15-13/h1-10H. The fraction of sp³-hybridized carbons (Fsp3) is 0. The average molecular weight is 260 g/mol. The Hall–Kier alpha value is -1.41. The monoisotopic (exact) mass is 259 g/mol. The molecule has 1 aromatic heterocycles. The Morgan fingerprint density at radius 3 is 2.67 bits per heavy atom. The van der Waals surface area contributed by atoms with Crippen molar-refractivity contribution in [3.63, 3.8) is 0 Å². The Bertz CT molecular complexity index is 463. The lowest BCUT2D eigenvalue weighted by Gasteiger charge is -1.94. The first kappa shape index (κ1) is 10.1. The maximum absolute atomic E-state index is 4.22. The molecule has 0 aliphatic heterocycles. The molecule has 2 rings (SSSR count). The van der Waals surface area contributed by atoms with Crippen LogP contribution < -0.4 is 0 Å². The molecule has 1 nitrogen and oxygen atoms in total. The lowest BCUT2D eigenvalue weighted by Crippen LogP contribution is -1.76. The first-order valence-electron chi connectivity index (χ1n) is 4.69. The van der Waals surface area contributed by atoms with Gasteiger partial charge in [-0.15, -0.1) is 0 Å². The summed E-state index contributed by atoms with van der Waals surface area (Å²) < 4.78 is 1.09. The van der Waals surface area contributed by atoms with E-state index in [1.54, 1.807) is 6.20 Å². The van der Waals surface area contributed by atoms with E-state index in [2.05, 4.69) is 33.0 Å². The minimum atomic E-state index is 0.970. The summed E-state index contributed by atoms with van der Waals surface area (Å²) in [6, 6.07) is 14.0. The van der Waals surface area contributed by atoms with E-state index in [1.165, 1.54) is 0 Å². The number of hydrogen-bond donors (Lipinski definition) is 0. The van der Waals surface area contributed by atoms with Gasteiger partial charge in [-0.3, -0.25) is 4.98 Å². The minimum Gasteiger partial charge on any atom is -0.257 e. The van der Waals surface area contributed by atoms with Crippen LogP contribution in [0.2, 0.25) is 0 Å². The third-order valence-electron chi connectivity index (χ3n) is 1.98. The summed E-state index contributed by atoms with van der Waals surface area (Å²) in [7, 11) is 0. The molecule has 0 atom stereocenters. The molecule has 1 heterocycles. The summed E-state index contributed by atoms with van der Waals surface area (Å²) >= 11 is 3.44. The Morgan fingerprint density at radius 2 is 1.93 bits per heavy atom. The van der Waals surface area contributed by atoms with Gasteiger partial charge in [0.1, 0.15) is 0 Å². The third kappa shape index (κ3) is 3.03. The third-order valence-corrected chi connectivity index (χ3v) is 2.48. The molecule has 15 heavy (non-hydrogen) atoms. The predicted octanol–water partition coefficient (Wildman–Crippen LogP) is 4.01. The van der Waals surface area contributed by atoms with Crippen molar-refractivity contribution in [3.8, 4) is 0 Å². The fourth-order valence-electron chi connectivity index (χ4n) is 1.27. The van der Waals surface area contributed by atoms with Gasteiger partial charge in [-0.05, 0) is 35.9 Å². The molecule has 0 amide bonds. The van der Waals surface area contributed by atoms with Crippen molar-refractivity contribution in [1.82, 2.24) is 4.98 Å². The normalized spacial score (nSPS) is 10.7. The number of pyridine rings is 1. The van der Waals surface area contributed by atoms with E-state index in [0.29, 0.717) is 0 Å². The number of halogens is 1. The highest BCUT2D eigenvalue weighted by atomic mass is 79.9. The van der Waals surface area contributed by atoms with Crippen molar-refractivity contribution in [3.05, 3.63) is 64.4 Å². The second-order valence-corrected chi connectivity index (χ2v) is 4.06. The van der Waals surface area contributed by atoms with Crippen molar-refractivity contribution in [1.29, 1.82) is 0 Å². The van der Waals surface area contributed by atoms with Gasteiger partial charge >= 0.3 is 0 Å². The van der Waals surface area contributed by atoms with E-state index < -0.39 is 0 Å². The Balaban J connectivity index is 2.19. The van der Waals surface area contributed by atoms with Crippen LogP contribution in [-0.4, -0.2) is 4.98 Å². The quantitative estimate of drug-likeness (QED) is 0.794. The van der Waals surface area contributed by atoms with Gasteiger partial charge in [-0.25, -0.2) is 0 Å². The van der Waals surface area contributed by atoms with Gasteiger partial charge < -0.3 is 0 Å². The molecule has 0 aliphatic rings. The number of benzene rings is 1. The zero-order valence-corrected chi connectivity index (χ0v) is 9.68. The van der Waals surface area contributed by atoms with Gasteiger partial charge in [0.15, 0.2) is 0 Å². The molecule has 0 radical (unpaired) electrons. The molecular formula is C13H10BrN. The predicted molar refractivity (Wildman–Crippen MR) is 67.3 cm³/mol. The first-order valence-corrected chi connectivity index (χ1v) is 5.48. The van der Waals surface area contributed by atoms with Gasteiger partial charge in [-0.1, -0.05) is 40.2 Å². The fourth-order valence-corrected chi connectivity index (χ4v) is 1.68. The molecule has 0 N–H and O–H groups in total. The zero-order valence-electron chi connectivity index (χ0n) is 8.10. The van der Waals surface area contributed by atoms with E-state index in [0.717, 1.165) is 15.7 Å². The number of nitrogens with zero attached hydrogens (tertiary/aromatic N) is 1. The molecule has 0 fully saturated rings. The van der Waals surface area contributed by atoms with E-state index >= 15 is 0 Å². The highest BCUT2D eigenvalue weighted by Crippen LogP contribution is 2.13. The summed E-state index contributed by atoms with van der Waals surface area (Å²) in [6.07, 6.45) is 5.84. The van der Waals surface area contributed by atoms with Crippen LogP contribution in [0.4, 0.5) is 0 Å². The SMILES string of the molecule is Brc1cccc(C=Cc2ccccn2)c1. The lowest BCUT2D eigenvalue weighted by molar-refractivity contribution is 1.30. The van der Waals surface area contributed by atoms with Crippen molar-refractivity contribution >= 4 is 28.1 Å². The van der Waals surface area contributed by atoms with E-state index in [4.69, 9.17) is 0 Å². The summed E-state index contributed by atoms with van der Waals surface area (Å²) in [6.45, 7) is 0. The van der Waals surface area contributed by atoms with Crippen molar-refractivity contribution in [2.45, 2.75) is 0 Å². The molecule has 0 aliphatic carbocycles. The van der Waals surface area contributed by atoms with Crippen molar-refractivity contribution in [2.24, 2.45) is 0 Å². The first-order chi connectivity index (χ1) is 7.34. The average Bonchev–Trinajstić information content (AvgIpc) is 2.28. The van der Waals surface area contributed by atoms with Crippen LogP contribution in [0.25, 0.3) is 12.2 Å². The Morgan fingerprint density at radius 1 is 1.00 bits per heavy atom. The Kier molecular flexibility index (Phi) is 3.30. The van der Waals surface area contributed by atoms with Gasteiger partial charge in [-0.2, -0.15) is 0 Å². The molecule has 1 aromatic carbocycles. The second kappa shape index (κ2) is 4.89. The highest BCUT2D eigenvalue weighted by Gasteiger charge is 1.89. The van der Waals surface area contributed by atoms with Crippen molar-refractivity contribution < 1.29 is 0 Å². The topological polar surface area (TPSA) is 12.9 Å². The second-order valence-electron chi connectivity index (χ2n) is 3.14. The van der Waals surface area contributed by atoms with Crippen molar-refractivity contribution in [2.75, 3.05) is 0 Å². The Labute approximate surface area is 97.6 Å². The molecule has 0 bridgehead atoms. The molecule has 74 valence electrons. The molecule has 2 heteroatoms. The van der Waals surface area contributed by atoms with Gasteiger partial charge in [0.2, 0.25) is 0 Å². The van der Waals surface area contributed by atoms with E-state index in [1.807, 2.05) is 42.5 Å². The maximum atomic E-state index is 4.22. The smallest absolute Gasteiger partial charge is 0.0629 e. The van der Waals surface area contributed by atoms with Gasteiger partial charge in [0, 0.05) is 10.7 Å². The number of hydrogen-bond acceptors (Lipinski definition) is 1. The van der Waals surface area contributed by atoms with Gasteiger partial charge in [0.05, 0.1) is 5.69 Å². The molecule has 0 unspecified atom stereocenters. The lowest BCUT2D eigenvalue weighted by atomic mass is 10.2. The minimum absolute atomic E-state index is 0.970. The number of aromatic nitrogens is 1. The number of rotatable bonds is 2.